The molecule has 1 aromatic rings. The number of ether oxygens (including phenoxy) is 1. The lowest BCUT2D eigenvalue weighted by molar-refractivity contribution is 0.253. The van der Waals surface area contributed by atoms with E-state index in [1.54, 1.807) is 0 Å². The Kier molecular flexibility index (Phi) is 5.71. The SMILES string of the molecule is CC(C)c1ccc(OCC[C@H]2CCCNC2)c(Br)c1. The van der Waals surface area contributed by atoms with Crippen molar-refractivity contribution in [1.82, 2.24) is 5.32 Å². The van der Waals surface area contributed by atoms with Crippen molar-refractivity contribution in [3.63, 3.8) is 0 Å². The Morgan fingerprint density at radius 1 is 1.42 bits per heavy atom. The molecule has 0 saturated carbocycles. The van der Waals surface area contributed by atoms with Gasteiger partial charge < -0.3 is 10.1 Å². The summed E-state index contributed by atoms with van der Waals surface area (Å²) < 4.78 is 6.97. The van der Waals surface area contributed by atoms with Crippen LogP contribution in [0.4, 0.5) is 0 Å². The van der Waals surface area contributed by atoms with E-state index in [-0.39, 0.29) is 0 Å². The molecule has 0 amide bonds. The third-order valence-corrected chi connectivity index (χ3v) is 4.42. The van der Waals surface area contributed by atoms with Crippen LogP contribution in [0.5, 0.6) is 5.75 Å². The van der Waals surface area contributed by atoms with E-state index in [0.29, 0.717) is 5.92 Å². The Morgan fingerprint density at radius 2 is 2.26 bits per heavy atom. The van der Waals surface area contributed by atoms with Crippen LogP contribution in [-0.4, -0.2) is 19.7 Å². The predicted octanol–water partition coefficient (Wildman–Crippen LogP) is 4.34. The topological polar surface area (TPSA) is 21.3 Å². The van der Waals surface area contributed by atoms with Crippen molar-refractivity contribution >= 4 is 15.9 Å². The molecule has 0 aliphatic carbocycles. The number of hydrogen-bond acceptors (Lipinski definition) is 2. The second-order valence-corrected chi connectivity index (χ2v) is 6.55. The molecule has 1 aliphatic heterocycles. The van der Waals surface area contributed by atoms with Crippen LogP contribution in [0, 0.1) is 5.92 Å². The van der Waals surface area contributed by atoms with Crippen LogP contribution >= 0.6 is 15.9 Å². The lowest BCUT2D eigenvalue weighted by Gasteiger charge is -2.22. The maximum absolute atomic E-state index is 5.90. The van der Waals surface area contributed by atoms with Gasteiger partial charge in [0.1, 0.15) is 5.75 Å². The van der Waals surface area contributed by atoms with Crippen molar-refractivity contribution in [3.8, 4) is 5.75 Å². The molecule has 1 saturated heterocycles. The van der Waals surface area contributed by atoms with Gasteiger partial charge in [-0.2, -0.15) is 0 Å². The highest BCUT2D eigenvalue weighted by atomic mass is 79.9. The van der Waals surface area contributed by atoms with Crippen LogP contribution < -0.4 is 10.1 Å². The minimum absolute atomic E-state index is 0.554. The first kappa shape index (κ1) is 14.9. The summed E-state index contributed by atoms with van der Waals surface area (Å²) in [5.41, 5.74) is 1.34. The van der Waals surface area contributed by atoms with Gasteiger partial charge in [-0.05, 0) is 77.8 Å². The van der Waals surface area contributed by atoms with Crippen LogP contribution in [0.15, 0.2) is 22.7 Å². The van der Waals surface area contributed by atoms with Gasteiger partial charge in [0.25, 0.3) is 0 Å². The van der Waals surface area contributed by atoms with Gasteiger partial charge in [0.05, 0.1) is 11.1 Å². The number of nitrogens with one attached hydrogen (secondary N) is 1. The molecule has 2 nitrogen and oxygen atoms in total. The molecule has 106 valence electrons. The van der Waals surface area contributed by atoms with Gasteiger partial charge in [-0.1, -0.05) is 19.9 Å². The zero-order chi connectivity index (χ0) is 13.7. The molecule has 1 heterocycles. The maximum atomic E-state index is 5.90. The van der Waals surface area contributed by atoms with E-state index in [1.165, 1.54) is 24.9 Å². The quantitative estimate of drug-likeness (QED) is 0.869. The molecule has 0 aromatic heterocycles. The van der Waals surface area contributed by atoms with Crippen molar-refractivity contribution in [3.05, 3.63) is 28.2 Å². The lowest BCUT2D eigenvalue weighted by Crippen LogP contribution is -2.30. The van der Waals surface area contributed by atoms with Gasteiger partial charge in [0.2, 0.25) is 0 Å². The molecule has 1 atom stereocenters. The minimum atomic E-state index is 0.554. The number of benzene rings is 1. The fraction of sp³-hybridized carbons (Fsp3) is 0.625. The molecule has 0 spiro atoms. The molecular weight excluding hydrogens is 302 g/mol. The van der Waals surface area contributed by atoms with Crippen LogP contribution in [0.25, 0.3) is 0 Å². The van der Waals surface area contributed by atoms with Crippen LogP contribution in [0.1, 0.15) is 44.6 Å². The molecule has 1 N–H and O–H groups in total. The number of halogens is 1. The standard InChI is InChI=1S/C16H24BrNO/c1-12(2)14-5-6-16(15(17)10-14)19-9-7-13-4-3-8-18-11-13/h5-6,10,12-13,18H,3-4,7-9,11H2,1-2H3/t13-/m1/s1. The summed E-state index contributed by atoms with van der Waals surface area (Å²) in [7, 11) is 0. The monoisotopic (exact) mass is 325 g/mol. The van der Waals surface area contributed by atoms with E-state index in [2.05, 4.69) is 53.3 Å². The summed E-state index contributed by atoms with van der Waals surface area (Å²) in [6, 6.07) is 6.41. The second kappa shape index (κ2) is 7.30. The molecule has 2 rings (SSSR count). The number of rotatable bonds is 5. The first-order valence-corrected chi connectivity index (χ1v) is 8.09. The smallest absolute Gasteiger partial charge is 0.133 e. The molecule has 1 aliphatic rings. The van der Waals surface area contributed by atoms with Crippen molar-refractivity contribution < 1.29 is 4.74 Å². The van der Waals surface area contributed by atoms with Gasteiger partial charge in [-0.3, -0.25) is 0 Å². The van der Waals surface area contributed by atoms with E-state index in [9.17, 15) is 0 Å². The first-order chi connectivity index (χ1) is 9.16. The Balaban J connectivity index is 1.82. The average molecular weight is 326 g/mol. The van der Waals surface area contributed by atoms with Crippen molar-refractivity contribution in [2.45, 2.75) is 39.0 Å². The molecule has 1 aromatic carbocycles. The highest BCUT2D eigenvalue weighted by Crippen LogP contribution is 2.29. The van der Waals surface area contributed by atoms with Crippen molar-refractivity contribution in [1.29, 1.82) is 0 Å². The van der Waals surface area contributed by atoms with Gasteiger partial charge in [0, 0.05) is 0 Å². The molecule has 3 heteroatoms. The number of hydrogen-bond donors (Lipinski definition) is 1. The molecule has 1 fully saturated rings. The molecule has 0 unspecified atom stereocenters. The normalized spacial score (nSPS) is 19.7. The van der Waals surface area contributed by atoms with Crippen molar-refractivity contribution in [2.24, 2.45) is 5.92 Å². The Bertz CT molecular complexity index is 400. The maximum Gasteiger partial charge on any atom is 0.133 e. The molecular formula is C16H24BrNO. The predicted molar refractivity (Wildman–Crippen MR) is 83.9 cm³/mol. The fourth-order valence-electron chi connectivity index (χ4n) is 2.50. The summed E-state index contributed by atoms with van der Waals surface area (Å²) in [4.78, 5) is 0. The Morgan fingerprint density at radius 3 is 2.89 bits per heavy atom. The summed E-state index contributed by atoms with van der Waals surface area (Å²) in [5, 5.41) is 3.45. The zero-order valence-corrected chi connectivity index (χ0v) is 13.5. The lowest BCUT2D eigenvalue weighted by atomic mass is 9.97. The second-order valence-electron chi connectivity index (χ2n) is 5.69. The minimum Gasteiger partial charge on any atom is -0.492 e. The zero-order valence-electron chi connectivity index (χ0n) is 11.9. The van der Waals surface area contributed by atoms with Gasteiger partial charge in [0.15, 0.2) is 0 Å². The fourth-order valence-corrected chi connectivity index (χ4v) is 3.01. The van der Waals surface area contributed by atoms with Crippen LogP contribution in [0.3, 0.4) is 0 Å². The van der Waals surface area contributed by atoms with E-state index in [1.807, 2.05) is 0 Å². The van der Waals surface area contributed by atoms with Crippen LogP contribution in [-0.2, 0) is 0 Å². The summed E-state index contributed by atoms with van der Waals surface area (Å²) in [6.07, 6.45) is 3.78. The summed E-state index contributed by atoms with van der Waals surface area (Å²) in [6.45, 7) is 7.55. The first-order valence-electron chi connectivity index (χ1n) is 7.30. The Labute approximate surface area is 125 Å². The highest BCUT2D eigenvalue weighted by Gasteiger charge is 2.13. The number of piperidine rings is 1. The summed E-state index contributed by atoms with van der Waals surface area (Å²) >= 11 is 3.60. The summed E-state index contributed by atoms with van der Waals surface area (Å²) in [5.74, 6) is 2.30. The molecule has 0 radical (unpaired) electrons. The van der Waals surface area contributed by atoms with Gasteiger partial charge in [-0.15, -0.1) is 0 Å². The van der Waals surface area contributed by atoms with E-state index in [4.69, 9.17) is 4.74 Å². The van der Waals surface area contributed by atoms with E-state index >= 15 is 0 Å². The largest absolute Gasteiger partial charge is 0.492 e. The third kappa shape index (κ3) is 4.50. The van der Waals surface area contributed by atoms with E-state index in [0.717, 1.165) is 35.7 Å². The van der Waals surface area contributed by atoms with Crippen LogP contribution in [0.2, 0.25) is 0 Å². The average Bonchev–Trinajstić information content (AvgIpc) is 2.41. The molecule has 19 heavy (non-hydrogen) atoms. The third-order valence-electron chi connectivity index (χ3n) is 3.81. The van der Waals surface area contributed by atoms with Gasteiger partial charge in [-0.25, -0.2) is 0 Å². The van der Waals surface area contributed by atoms with Gasteiger partial charge >= 0.3 is 0 Å². The van der Waals surface area contributed by atoms with Crippen molar-refractivity contribution in [2.75, 3.05) is 19.7 Å². The molecule has 0 bridgehead atoms. The van der Waals surface area contributed by atoms with E-state index < -0.39 is 0 Å². The Hall–Kier alpha value is -0.540. The highest BCUT2D eigenvalue weighted by molar-refractivity contribution is 9.10.